The number of carbonyl (C=O) groups excluding carboxylic acids is 1. The number of rotatable bonds is 6. The first-order chi connectivity index (χ1) is 12.6. The van der Waals surface area contributed by atoms with Gasteiger partial charge in [-0.3, -0.25) is 9.10 Å². The third-order valence-electron chi connectivity index (χ3n) is 3.23. The molecule has 0 heterocycles. The summed E-state index contributed by atoms with van der Waals surface area (Å²) >= 11 is 23.7. The Balaban J connectivity index is 2.14. The molecule has 0 spiro atoms. The highest BCUT2D eigenvalue weighted by atomic mass is 35.5. The fraction of sp³-hybridized carbons (Fsp3) is 0.125. The van der Waals surface area contributed by atoms with Crippen molar-refractivity contribution in [2.75, 3.05) is 17.1 Å². The molecule has 0 saturated carbocycles. The second kappa shape index (κ2) is 9.12. The second-order valence-corrected chi connectivity index (χ2v) is 8.82. The molecule has 0 atom stereocenters. The SMILES string of the molecule is CS(=O)(=O)N(CC(=O)N/N=C\c1ccc(Cl)c(Cl)c1)c1cccc(Cl)c1Cl. The topological polar surface area (TPSA) is 78.8 Å². The first-order valence-electron chi connectivity index (χ1n) is 7.28. The largest absolute Gasteiger partial charge is 0.271 e. The van der Waals surface area contributed by atoms with Crippen LogP contribution >= 0.6 is 46.4 Å². The second-order valence-electron chi connectivity index (χ2n) is 5.31. The van der Waals surface area contributed by atoms with Crippen LogP contribution in [-0.4, -0.2) is 33.3 Å². The van der Waals surface area contributed by atoms with Crippen molar-refractivity contribution in [1.82, 2.24) is 5.43 Å². The van der Waals surface area contributed by atoms with E-state index in [-0.39, 0.29) is 15.7 Å². The molecule has 1 N–H and O–H groups in total. The standard InChI is InChI=1S/C16H13Cl4N3O3S/c1-27(25,26)23(14-4-2-3-12(18)16(14)20)9-15(24)22-21-8-10-5-6-11(17)13(19)7-10/h2-8H,9H2,1H3,(H,22,24)/b21-8-. The Bertz CT molecular complexity index is 996. The van der Waals surface area contributed by atoms with Crippen molar-refractivity contribution in [1.29, 1.82) is 0 Å². The van der Waals surface area contributed by atoms with Crippen LogP contribution in [0.15, 0.2) is 41.5 Å². The van der Waals surface area contributed by atoms with Crippen LogP contribution in [0, 0.1) is 0 Å². The maximum Gasteiger partial charge on any atom is 0.260 e. The summed E-state index contributed by atoms with van der Waals surface area (Å²) in [5, 5.41) is 4.69. The maximum atomic E-state index is 12.1. The fourth-order valence-electron chi connectivity index (χ4n) is 2.00. The number of amides is 1. The molecule has 2 aromatic carbocycles. The summed E-state index contributed by atoms with van der Waals surface area (Å²) in [6.45, 7) is -0.530. The molecule has 0 aromatic heterocycles. The third kappa shape index (κ3) is 5.99. The Hall–Kier alpha value is -1.51. The molecule has 0 aliphatic rings. The van der Waals surface area contributed by atoms with Crippen LogP contribution in [0.1, 0.15) is 5.56 Å². The van der Waals surface area contributed by atoms with Crippen LogP contribution in [0.5, 0.6) is 0 Å². The number of hydrogen-bond donors (Lipinski definition) is 1. The van der Waals surface area contributed by atoms with Gasteiger partial charge in [0.1, 0.15) is 6.54 Å². The highest BCUT2D eigenvalue weighted by Gasteiger charge is 2.23. The van der Waals surface area contributed by atoms with E-state index in [1.807, 2.05) is 0 Å². The van der Waals surface area contributed by atoms with Gasteiger partial charge in [-0.2, -0.15) is 5.10 Å². The smallest absolute Gasteiger partial charge is 0.260 e. The van der Waals surface area contributed by atoms with Gasteiger partial charge >= 0.3 is 0 Å². The number of carbonyl (C=O) groups is 1. The van der Waals surface area contributed by atoms with Crippen LogP contribution in [0.25, 0.3) is 0 Å². The molecule has 0 bridgehead atoms. The predicted molar refractivity (Wildman–Crippen MR) is 111 cm³/mol. The quantitative estimate of drug-likeness (QED) is 0.509. The molecule has 2 rings (SSSR count). The van der Waals surface area contributed by atoms with Gasteiger partial charge in [-0.1, -0.05) is 58.5 Å². The lowest BCUT2D eigenvalue weighted by atomic mass is 10.2. The summed E-state index contributed by atoms with van der Waals surface area (Å²) in [5.74, 6) is -0.673. The van der Waals surface area contributed by atoms with E-state index in [1.165, 1.54) is 24.4 Å². The van der Waals surface area contributed by atoms with Gasteiger partial charge in [-0.05, 0) is 29.8 Å². The summed E-state index contributed by atoms with van der Waals surface area (Å²) in [6, 6.07) is 9.28. The van der Waals surface area contributed by atoms with Gasteiger partial charge in [0.2, 0.25) is 10.0 Å². The average molecular weight is 469 g/mol. The fourth-order valence-corrected chi connectivity index (χ4v) is 3.62. The van der Waals surface area contributed by atoms with Crippen molar-refractivity contribution in [2.45, 2.75) is 0 Å². The highest BCUT2D eigenvalue weighted by molar-refractivity contribution is 7.92. The lowest BCUT2D eigenvalue weighted by Crippen LogP contribution is -2.39. The molecule has 1 amide bonds. The van der Waals surface area contributed by atoms with Gasteiger partial charge in [0.15, 0.2) is 0 Å². The number of hydrogen-bond acceptors (Lipinski definition) is 4. The molecule has 0 aliphatic heterocycles. The minimum atomic E-state index is -3.79. The van der Waals surface area contributed by atoms with E-state index in [2.05, 4.69) is 10.5 Å². The Morgan fingerprint density at radius 2 is 1.81 bits per heavy atom. The molecule has 0 aliphatic carbocycles. The molecule has 27 heavy (non-hydrogen) atoms. The Labute approximate surface area is 176 Å². The van der Waals surface area contributed by atoms with Crippen molar-refractivity contribution in [2.24, 2.45) is 5.10 Å². The Morgan fingerprint density at radius 3 is 2.44 bits per heavy atom. The van der Waals surface area contributed by atoms with Crippen LogP contribution in [0.3, 0.4) is 0 Å². The number of hydrazone groups is 1. The number of nitrogens with one attached hydrogen (secondary N) is 1. The van der Waals surface area contributed by atoms with E-state index in [0.717, 1.165) is 10.6 Å². The molecule has 144 valence electrons. The van der Waals surface area contributed by atoms with E-state index in [1.54, 1.807) is 18.2 Å². The van der Waals surface area contributed by atoms with Crippen molar-refractivity contribution in [3.05, 3.63) is 62.1 Å². The van der Waals surface area contributed by atoms with Crippen molar-refractivity contribution in [3.63, 3.8) is 0 Å². The molecule has 0 unspecified atom stereocenters. The van der Waals surface area contributed by atoms with Crippen LogP contribution in [0.4, 0.5) is 5.69 Å². The first kappa shape index (κ1) is 21.8. The molecule has 0 fully saturated rings. The lowest BCUT2D eigenvalue weighted by Gasteiger charge is -2.22. The normalized spacial score (nSPS) is 11.6. The average Bonchev–Trinajstić information content (AvgIpc) is 2.58. The van der Waals surface area contributed by atoms with E-state index in [0.29, 0.717) is 15.6 Å². The summed E-state index contributed by atoms with van der Waals surface area (Å²) in [6.07, 6.45) is 2.30. The van der Waals surface area contributed by atoms with Gasteiger partial charge in [-0.25, -0.2) is 13.8 Å². The van der Waals surface area contributed by atoms with Crippen LogP contribution < -0.4 is 9.73 Å². The van der Waals surface area contributed by atoms with Crippen molar-refractivity contribution < 1.29 is 13.2 Å². The number of sulfonamides is 1. The number of anilines is 1. The number of halogens is 4. The Kier molecular flexibility index (Phi) is 7.36. The first-order valence-corrected chi connectivity index (χ1v) is 10.6. The predicted octanol–water partition coefficient (Wildman–Crippen LogP) is 4.22. The summed E-state index contributed by atoms with van der Waals surface area (Å²) < 4.78 is 25.0. The van der Waals surface area contributed by atoms with E-state index < -0.39 is 22.5 Å². The number of benzene rings is 2. The third-order valence-corrected chi connectivity index (χ3v) is 5.91. The lowest BCUT2D eigenvalue weighted by molar-refractivity contribution is -0.119. The van der Waals surface area contributed by atoms with Gasteiger partial charge in [0, 0.05) is 0 Å². The zero-order chi connectivity index (χ0) is 20.2. The minimum absolute atomic E-state index is 0.0247. The van der Waals surface area contributed by atoms with Crippen LogP contribution in [-0.2, 0) is 14.8 Å². The van der Waals surface area contributed by atoms with Crippen molar-refractivity contribution in [3.8, 4) is 0 Å². The van der Waals surface area contributed by atoms with Gasteiger partial charge in [0.05, 0.1) is 38.2 Å². The molecule has 6 nitrogen and oxygen atoms in total. The zero-order valence-corrected chi connectivity index (χ0v) is 17.6. The molecular formula is C16H13Cl4N3O3S. The molecule has 2 aromatic rings. The summed E-state index contributed by atoms with van der Waals surface area (Å²) in [5.41, 5.74) is 2.94. The van der Waals surface area contributed by atoms with E-state index in [4.69, 9.17) is 46.4 Å². The molecule has 0 saturated heterocycles. The maximum absolute atomic E-state index is 12.1. The number of nitrogens with zero attached hydrogens (tertiary/aromatic N) is 2. The van der Waals surface area contributed by atoms with Gasteiger partial charge in [-0.15, -0.1) is 0 Å². The molecule has 0 radical (unpaired) electrons. The summed E-state index contributed by atoms with van der Waals surface area (Å²) in [7, 11) is -3.79. The van der Waals surface area contributed by atoms with E-state index >= 15 is 0 Å². The van der Waals surface area contributed by atoms with Crippen molar-refractivity contribution >= 4 is 74.2 Å². The Morgan fingerprint density at radius 1 is 1.11 bits per heavy atom. The minimum Gasteiger partial charge on any atom is -0.271 e. The highest BCUT2D eigenvalue weighted by Crippen LogP contribution is 2.33. The van der Waals surface area contributed by atoms with Gasteiger partial charge < -0.3 is 0 Å². The van der Waals surface area contributed by atoms with E-state index in [9.17, 15) is 13.2 Å². The molecular weight excluding hydrogens is 456 g/mol. The van der Waals surface area contributed by atoms with Gasteiger partial charge in [0.25, 0.3) is 5.91 Å². The summed E-state index contributed by atoms with van der Waals surface area (Å²) in [4.78, 5) is 12.1. The zero-order valence-electron chi connectivity index (χ0n) is 13.8. The monoisotopic (exact) mass is 467 g/mol. The molecule has 11 heteroatoms. The van der Waals surface area contributed by atoms with Crippen LogP contribution in [0.2, 0.25) is 20.1 Å².